The van der Waals surface area contributed by atoms with Gasteiger partial charge in [0.2, 0.25) is 5.91 Å². The molecule has 0 spiro atoms. The molecule has 0 atom stereocenters. The Labute approximate surface area is 156 Å². The molecule has 1 aromatic rings. The van der Waals surface area contributed by atoms with Gasteiger partial charge < -0.3 is 16.0 Å². The first-order valence-electron chi connectivity index (χ1n) is 10.1. The third-order valence-corrected chi connectivity index (χ3v) is 5.51. The Kier molecular flexibility index (Phi) is 7.06. The Balaban J connectivity index is 1.48. The lowest BCUT2D eigenvalue weighted by atomic mass is 9.95. The smallest absolute Gasteiger partial charge is 0.251 e. The van der Waals surface area contributed by atoms with Crippen LogP contribution in [0, 0.1) is 0 Å². The van der Waals surface area contributed by atoms with Gasteiger partial charge in [-0.25, -0.2) is 0 Å². The van der Waals surface area contributed by atoms with E-state index in [4.69, 9.17) is 0 Å². The fraction of sp³-hybridized carbons (Fsp3) is 0.619. The van der Waals surface area contributed by atoms with Gasteiger partial charge in [0.1, 0.15) is 0 Å². The maximum absolute atomic E-state index is 12.4. The number of anilines is 1. The van der Waals surface area contributed by atoms with E-state index in [2.05, 4.69) is 16.0 Å². The second-order valence-corrected chi connectivity index (χ2v) is 7.65. The summed E-state index contributed by atoms with van der Waals surface area (Å²) in [6, 6.07) is 7.96. The first-order valence-corrected chi connectivity index (χ1v) is 10.1. The summed E-state index contributed by atoms with van der Waals surface area (Å²) in [7, 11) is 0. The van der Waals surface area contributed by atoms with Crippen molar-refractivity contribution in [3.05, 3.63) is 29.8 Å². The third-order valence-electron chi connectivity index (χ3n) is 5.51. The SMILES string of the molecule is O=C(CNC1CCCCC1)Nc1cccc(C(=O)NC2CCCCC2)c1. The fourth-order valence-electron chi connectivity index (χ4n) is 4.00. The minimum Gasteiger partial charge on any atom is -0.349 e. The van der Waals surface area contributed by atoms with E-state index in [-0.39, 0.29) is 17.9 Å². The van der Waals surface area contributed by atoms with Crippen molar-refractivity contribution >= 4 is 17.5 Å². The molecule has 2 saturated carbocycles. The summed E-state index contributed by atoms with van der Waals surface area (Å²) in [6.07, 6.45) is 11.9. The van der Waals surface area contributed by atoms with Gasteiger partial charge in [0.25, 0.3) is 5.91 Å². The minimum atomic E-state index is -0.0552. The number of carbonyl (C=O) groups is 2. The van der Waals surface area contributed by atoms with E-state index in [1.165, 1.54) is 38.5 Å². The maximum atomic E-state index is 12.4. The first kappa shape index (κ1) is 18.9. The molecule has 0 aliphatic heterocycles. The molecule has 0 aromatic heterocycles. The molecule has 0 saturated heterocycles. The van der Waals surface area contributed by atoms with Crippen LogP contribution in [0.2, 0.25) is 0 Å². The lowest BCUT2D eigenvalue weighted by Crippen LogP contribution is -2.37. The van der Waals surface area contributed by atoms with Gasteiger partial charge in [-0.2, -0.15) is 0 Å². The van der Waals surface area contributed by atoms with Crippen LogP contribution in [0.5, 0.6) is 0 Å². The van der Waals surface area contributed by atoms with Gasteiger partial charge in [0, 0.05) is 23.3 Å². The Morgan fingerprint density at radius 2 is 1.54 bits per heavy atom. The van der Waals surface area contributed by atoms with Gasteiger partial charge in [0.15, 0.2) is 0 Å². The van der Waals surface area contributed by atoms with Crippen LogP contribution < -0.4 is 16.0 Å². The predicted octanol–water partition coefficient (Wildman–Crippen LogP) is 3.61. The Bertz CT molecular complexity index is 605. The maximum Gasteiger partial charge on any atom is 0.251 e. The number of nitrogens with one attached hydrogen (secondary N) is 3. The average molecular weight is 357 g/mol. The lowest BCUT2D eigenvalue weighted by molar-refractivity contribution is -0.115. The molecule has 2 aliphatic carbocycles. The molecule has 2 aliphatic rings. The summed E-state index contributed by atoms with van der Waals surface area (Å²) in [4.78, 5) is 24.6. The molecule has 0 heterocycles. The van der Waals surface area contributed by atoms with Gasteiger partial charge in [-0.1, -0.05) is 44.6 Å². The van der Waals surface area contributed by atoms with Crippen molar-refractivity contribution in [3.63, 3.8) is 0 Å². The van der Waals surface area contributed by atoms with Crippen LogP contribution in [0.1, 0.15) is 74.6 Å². The monoisotopic (exact) mass is 357 g/mol. The molecular formula is C21H31N3O2. The van der Waals surface area contributed by atoms with E-state index in [9.17, 15) is 9.59 Å². The number of benzene rings is 1. The van der Waals surface area contributed by atoms with Crippen LogP contribution >= 0.6 is 0 Å². The van der Waals surface area contributed by atoms with Crippen molar-refractivity contribution in [1.29, 1.82) is 0 Å². The highest BCUT2D eigenvalue weighted by atomic mass is 16.2. The number of carbonyl (C=O) groups excluding carboxylic acids is 2. The van der Waals surface area contributed by atoms with Gasteiger partial charge in [0.05, 0.1) is 6.54 Å². The Hall–Kier alpha value is -1.88. The third kappa shape index (κ3) is 5.84. The largest absolute Gasteiger partial charge is 0.349 e. The Morgan fingerprint density at radius 3 is 2.23 bits per heavy atom. The topological polar surface area (TPSA) is 70.2 Å². The van der Waals surface area contributed by atoms with Crippen LogP contribution in [-0.4, -0.2) is 30.4 Å². The van der Waals surface area contributed by atoms with Crippen molar-refractivity contribution < 1.29 is 9.59 Å². The molecule has 142 valence electrons. The molecular weight excluding hydrogens is 326 g/mol. The summed E-state index contributed by atoms with van der Waals surface area (Å²) >= 11 is 0. The zero-order valence-electron chi connectivity index (χ0n) is 15.6. The first-order chi connectivity index (χ1) is 12.7. The number of amides is 2. The molecule has 2 amide bonds. The van der Waals surface area contributed by atoms with Crippen molar-refractivity contribution in [1.82, 2.24) is 10.6 Å². The van der Waals surface area contributed by atoms with E-state index >= 15 is 0 Å². The fourth-order valence-corrected chi connectivity index (χ4v) is 4.00. The number of rotatable bonds is 6. The molecule has 5 nitrogen and oxygen atoms in total. The normalized spacial score (nSPS) is 19.1. The highest BCUT2D eigenvalue weighted by molar-refractivity contribution is 5.97. The Morgan fingerprint density at radius 1 is 0.885 bits per heavy atom. The zero-order valence-corrected chi connectivity index (χ0v) is 15.6. The lowest BCUT2D eigenvalue weighted by Gasteiger charge is -2.23. The van der Waals surface area contributed by atoms with E-state index in [1.807, 2.05) is 12.1 Å². The van der Waals surface area contributed by atoms with E-state index in [0.29, 0.717) is 23.8 Å². The quantitative estimate of drug-likeness (QED) is 0.728. The van der Waals surface area contributed by atoms with Crippen LogP contribution in [0.15, 0.2) is 24.3 Å². The van der Waals surface area contributed by atoms with Gasteiger partial charge in [-0.05, 0) is 43.9 Å². The summed E-state index contributed by atoms with van der Waals surface area (Å²) in [6.45, 7) is 0.323. The summed E-state index contributed by atoms with van der Waals surface area (Å²) < 4.78 is 0. The number of hydrogen-bond acceptors (Lipinski definition) is 3. The highest BCUT2D eigenvalue weighted by Gasteiger charge is 2.17. The molecule has 2 fully saturated rings. The van der Waals surface area contributed by atoms with Crippen LogP contribution in [0.3, 0.4) is 0 Å². The molecule has 0 unspecified atom stereocenters. The molecule has 3 rings (SSSR count). The highest BCUT2D eigenvalue weighted by Crippen LogP contribution is 2.19. The summed E-state index contributed by atoms with van der Waals surface area (Å²) in [5, 5.41) is 9.36. The molecule has 0 bridgehead atoms. The second-order valence-electron chi connectivity index (χ2n) is 7.65. The average Bonchev–Trinajstić information content (AvgIpc) is 2.68. The summed E-state index contributed by atoms with van der Waals surface area (Å²) in [5.74, 6) is -0.103. The van der Waals surface area contributed by atoms with Crippen molar-refractivity contribution in [2.24, 2.45) is 0 Å². The van der Waals surface area contributed by atoms with Crippen LogP contribution in [-0.2, 0) is 4.79 Å². The standard InChI is InChI=1S/C21H31N3O2/c25-20(15-22-17-9-3-1-4-10-17)23-19-13-7-8-16(14-19)21(26)24-18-11-5-2-6-12-18/h7-8,13-14,17-18,22H,1-6,9-12,15H2,(H,23,25)(H,24,26). The molecule has 0 radical (unpaired) electrons. The van der Waals surface area contributed by atoms with E-state index in [0.717, 1.165) is 25.7 Å². The minimum absolute atomic E-state index is 0.0478. The molecule has 3 N–H and O–H groups in total. The molecule has 26 heavy (non-hydrogen) atoms. The molecule has 5 heteroatoms. The second kappa shape index (κ2) is 9.72. The van der Waals surface area contributed by atoms with E-state index in [1.54, 1.807) is 12.1 Å². The van der Waals surface area contributed by atoms with Crippen LogP contribution in [0.25, 0.3) is 0 Å². The van der Waals surface area contributed by atoms with Gasteiger partial charge in [-0.3, -0.25) is 9.59 Å². The van der Waals surface area contributed by atoms with Crippen LogP contribution in [0.4, 0.5) is 5.69 Å². The van der Waals surface area contributed by atoms with Crippen molar-refractivity contribution in [3.8, 4) is 0 Å². The number of hydrogen-bond donors (Lipinski definition) is 3. The predicted molar refractivity (Wildman–Crippen MR) is 104 cm³/mol. The van der Waals surface area contributed by atoms with Gasteiger partial charge >= 0.3 is 0 Å². The molecule has 1 aromatic carbocycles. The zero-order chi connectivity index (χ0) is 18.2. The van der Waals surface area contributed by atoms with E-state index < -0.39 is 0 Å². The van der Waals surface area contributed by atoms with Crippen molar-refractivity contribution in [2.75, 3.05) is 11.9 Å². The van der Waals surface area contributed by atoms with Crippen molar-refractivity contribution in [2.45, 2.75) is 76.3 Å². The van der Waals surface area contributed by atoms with Gasteiger partial charge in [-0.15, -0.1) is 0 Å². The summed E-state index contributed by atoms with van der Waals surface area (Å²) in [5.41, 5.74) is 1.28.